The lowest BCUT2D eigenvalue weighted by molar-refractivity contribution is -0.141. The molecule has 1 amide bonds. The van der Waals surface area contributed by atoms with Gasteiger partial charge in [-0.1, -0.05) is 0 Å². The summed E-state index contributed by atoms with van der Waals surface area (Å²) in [5.41, 5.74) is 4.73. The van der Waals surface area contributed by atoms with Gasteiger partial charge in [0.25, 0.3) is 0 Å². The van der Waals surface area contributed by atoms with Crippen molar-refractivity contribution in [1.29, 1.82) is 0 Å². The van der Waals surface area contributed by atoms with Gasteiger partial charge in [0.15, 0.2) is 0 Å². The second-order valence-electron chi connectivity index (χ2n) is 3.80. The van der Waals surface area contributed by atoms with Gasteiger partial charge in [-0.25, -0.2) is 14.5 Å². The van der Waals surface area contributed by atoms with Crippen molar-refractivity contribution in [2.75, 3.05) is 0 Å². The molecule has 2 rings (SSSR count). The number of nitrogens with two attached hydrogens (primary N) is 1. The zero-order valence-electron chi connectivity index (χ0n) is 9.96. The largest absolute Gasteiger partial charge is 0.445 e. The molecule has 0 radical (unpaired) electrons. The normalized spacial score (nSPS) is 11.3. The van der Waals surface area contributed by atoms with E-state index in [1.807, 2.05) is 0 Å². The highest BCUT2D eigenvalue weighted by Crippen LogP contribution is 2.27. The third kappa shape index (κ3) is 3.25. The van der Waals surface area contributed by atoms with Crippen LogP contribution >= 0.6 is 0 Å². The lowest BCUT2D eigenvalue weighted by Gasteiger charge is -2.06. The number of alkyl halides is 3. The van der Waals surface area contributed by atoms with Crippen LogP contribution in [-0.4, -0.2) is 20.9 Å². The molecule has 0 bridgehead atoms. The van der Waals surface area contributed by atoms with Gasteiger partial charge in [0, 0.05) is 11.8 Å². The van der Waals surface area contributed by atoms with Crippen LogP contribution in [0.2, 0.25) is 0 Å². The van der Waals surface area contributed by atoms with E-state index in [4.69, 9.17) is 5.73 Å². The summed E-state index contributed by atoms with van der Waals surface area (Å²) in [4.78, 5) is 13.8. The fourth-order valence-corrected chi connectivity index (χ4v) is 1.42. The molecule has 0 aliphatic carbocycles. The third-order valence-electron chi connectivity index (χ3n) is 2.32. The predicted octanol–water partition coefficient (Wildman–Crippen LogP) is 1.88. The molecule has 6 nitrogen and oxygen atoms in total. The molecule has 0 aromatic carbocycles. The summed E-state index contributed by atoms with van der Waals surface area (Å²) in [7, 11) is 0. The molecule has 9 heteroatoms. The first-order chi connectivity index (χ1) is 9.36. The summed E-state index contributed by atoms with van der Waals surface area (Å²) in [6.07, 6.45) is -1.46. The fraction of sp³-hybridized carbons (Fsp3) is 0.182. The summed E-state index contributed by atoms with van der Waals surface area (Å²) >= 11 is 0. The topological polar surface area (TPSA) is 83.0 Å². The number of halogens is 3. The summed E-state index contributed by atoms with van der Waals surface area (Å²) in [6, 6.07) is 2.10. The van der Waals surface area contributed by atoms with E-state index < -0.39 is 18.0 Å². The van der Waals surface area contributed by atoms with E-state index in [1.54, 1.807) is 0 Å². The monoisotopic (exact) mass is 286 g/mol. The lowest BCUT2D eigenvalue weighted by Crippen LogP contribution is -2.12. The van der Waals surface area contributed by atoms with Crippen LogP contribution in [0.1, 0.15) is 11.3 Å². The van der Waals surface area contributed by atoms with Crippen molar-refractivity contribution in [2.45, 2.75) is 12.8 Å². The van der Waals surface area contributed by atoms with Crippen LogP contribution < -0.4 is 5.73 Å². The zero-order valence-corrected chi connectivity index (χ0v) is 9.96. The van der Waals surface area contributed by atoms with Crippen molar-refractivity contribution < 1.29 is 22.7 Å². The number of hydrogen-bond donors (Lipinski definition) is 1. The maximum Gasteiger partial charge on any atom is 0.433 e. The van der Waals surface area contributed by atoms with E-state index in [-0.39, 0.29) is 6.61 Å². The Morgan fingerprint density at radius 1 is 1.35 bits per heavy atom. The van der Waals surface area contributed by atoms with Gasteiger partial charge < -0.3 is 10.5 Å². The van der Waals surface area contributed by atoms with Gasteiger partial charge in [-0.2, -0.15) is 18.3 Å². The van der Waals surface area contributed by atoms with E-state index >= 15 is 0 Å². The van der Waals surface area contributed by atoms with Crippen LogP contribution in [0, 0.1) is 0 Å². The average Bonchev–Trinajstić information content (AvgIpc) is 2.84. The molecule has 0 atom stereocenters. The molecule has 0 fully saturated rings. The van der Waals surface area contributed by atoms with Gasteiger partial charge in [-0.15, -0.1) is 0 Å². The van der Waals surface area contributed by atoms with Crippen molar-refractivity contribution in [3.8, 4) is 5.69 Å². The Morgan fingerprint density at radius 3 is 2.65 bits per heavy atom. The van der Waals surface area contributed by atoms with Crippen molar-refractivity contribution in [1.82, 2.24) is 14.8 Å². The van der Waals surface area contributed by atoms with Crippen molar-refractivity contribution in [3.05, 3.63) is 42.0 Å². The molecular weight excluding hydrogens is 277 g/mol. The molecule has 20 heavy (non-hydrogen) atoms. The second kappa shape index (κ2) is 5.19. The zero-order chi connectivity index (χ0) is 14.8. The van der Waals surface area contributed by atoms with Gasteiger partial charge in [-0.05, 0) is 12.1 Å². The molecule has 2 N–H and O–H groups in total. The first-order valence-corrected chi connectivity index (χ1v) is 5.35. The molecule has 0 saturated heterocycles. The number of primary amides is 1. The number of rotatable bonds is 3. The number of carbonyl (C=O) groups is 1. The first kappa shape index (κ1) is 13.8. The SMILES string of the molecule is NC(=O)OCc1cnn(-c2ccc(C(F)(F)F)nc2)c1. The first-order valence-electron chi connectivity index (χ1n) is 5.35. The van der Waals surface area contributed by atoms with Gasteiger partial charge in [-0.3, -0.25) is 0 Å². The van der Waals surface area contributed by atoms with E-state index in [1.165, 1.54) is 23.1 Å². The molecule has 0 aliphatic rings. The Labute approximate surface area is 111 Å². The molecule has 2 heterocycles. The number of amides is 1. The number of nitrogens with zero attached hydrogens (tertiary/aromatic N) is 3. The number of ether oxygens (including phenoxy) is 1. The minimum atomic E-state index is -4.48. The molecule has 0 unspecified atom stereocenters. The van der Waals surface area contributed by atoms with Gasteiger partial charge in [0.05, 0.1) is 18.1 Å². The highest BCUT2D eigenvalue weighted by molar-refractivity contribution is 5.64. The Bertz CT molecular complexity index is 607. The molecule has 2 aromatic rings. The molecule has 2 aromatic heterocycles. The van der Waals surface area contributed by atoms with E-state index in [0.29, 0.717) is 11.3 Å². The van der Waals surface area contributed by atoms with Crippen molar-refractivity contribution in [2.24, 2.45) is 5.73 Å². The summed E-state index contributed by atoms with van der Waals surface area (Å²) in [6.45, 7) is -0.0661. The van der Waals surface area contributed by atoms with Gasteiger partial charge >= 0.3 is 12.3 Å². The highest BCUT2D eigenvalue weighted by atomic mass is 19.4. The Kier molecular flexibility index (Phi) is 3.59. The van der Waals surface area contributed by atoms with Gasteiger partial charge in [0.1, 0.15) is 12.3 Å². The highest BCUT2D eigenvalue weighted by Gasteiger charge is 2.32. The molecular formula is C11H9F3N4O2. The third-order valence-corrected chi connectivity index (χ3v) is 2.32. The molecule has 0 spiro atoms. The van der Waals surface area contributed by atoms with Crippen LogP contribution in [0.5, 0.6) is 0 Å². The standard InChI is InChI=1S/C11H9F3N4O2/c12-11(13,14)9-2-1-8(4-16-9)18-5-7(3-17-18)6-20-10(15)19/h1-5H,6H2,(H2,15,19). The summed E-state index contributed by atoms with van der Waals surface area (Å²) < 4.78 is 42.9. The number of carbonyl (C=O) groups excluding carboxylic acids is 1. The van der Waals surface area contributed by atoms with Crippen molar-refractivity contribution in [3.63, 3.8) is 0 Å². The lowest BCUT2D eigenvalue weighted by atomic mass is 10.3. The second-order valence-corrected chi connectivity index (χ2v) is 3.80. The van der Waals surface area contributed by atoms with Crippen LogP contribution in [0.4, 0.5) is 18.0 Å². The summed E-state index contributed by atoms with van der Waals surface area (Å²) in [5.74, 6) is 0. The average molecular weight is 286 g/mol. The maximum absolute atomic E-state index is 12.4. The van der Waals surface area contributed by atoms with Crippen LogP contribution in [-0.2, 0) is 17.5 Å². The number of aromatic nitrogens is 3. The summed E-state index contributed by atoms with van der Waals surface area (Å²) in [5, 5.41) is 3.92. The maximum atomic E-state index is 12.4. The predicted molar refractivity (Wildman–Crippen MR) is 60.7 cm³/mol. The molecule has 0 saturated carbocycles. The smallest absolute Gasteiger partial charge is 0.433 e. The van der Waals surface area contributed by atoms with E-state index in [2.05, 4.69) is 14.8 Å². The van der Waals surface area contributed by atoms with Crippen LogP contribution in [0.3, 0.4) is 0 Å². The van der Waals surface area contributed by atoms with Crippen LogP contribution in [0.15, 0.2) is 30.7 Å². The van der Waals surface area contributed by atoms with Crippen LogP contribution in [0.25, 0.3) is 5.69 Å². The van der Waals surface area contributed by atoms with E-state index in [9.17, 15) is 18.0 Å². The van der Waals surface area contributed by atoms with Crippen molar-refractivity contribution >= 4 is 6.09 Å². The molecule has 106 valence electrons. The Morgan fingerprint density at radius 2 is 2.10 bits per heavy atom. The van der Waals surface area contributed by atoms with E-state index in [0.717, 1.165) is 12.3 Å². The number of hydrogen-bond acceptors (Lipinski definition) is 4. The molecule has 0 aliphatic heterocycles. The quantitative estimate of drug-likeness (QED) is 0.933. The Hall–Kier alpha value is -2.58. The fourth-order valence-electron chi connectivity index (χ4n) is 1.42. The number of pyridine rings is 1. The van der Waals surface area contributed by atoms with Gasteiger partial charge in [0.2, 0.25) is 0 Å². The minimum Gasteiger partial charge on any atom is -0.445 e. The minimum absolute atomic E-state index is 0.0661. The Balaban J connectivity index is 2.14.